The van der Waals surface area contributed by atoms with Gasteiger partial charge in [0.25, 0.3) is 0 Å². The fraction of sp³-hybridized carbons (Fsp3) is 0.250. The van der Waals surface area contributed by atoms with Crippen LogP contribution in [0, 0.1) is 13.8 Å². The van der Waals surface area contributed by atoms with E-state index < -0.39 is 0 Å². The van der Waals surface area contributed by atoms with E-state index in [-0.39, 0.29) is 0 Å². The van der Waals surface area contributed by atoms with Gasteiger partial charge in [0.15, 0.2) is 0 Å². The van der Waals surface area contributed by atoms with E-state index in [1.807, 2.05) is 0 Å². The van der Waals surface area contributed by atoms with Crippen LogP contribution in [-0.2, 0) is 0 Å². The lowest BCUT2D eigenvalue weighted by Crippen LogP contribution is -1.87. The number of hydrogen-bond donors (Lipinski definition) is 0. The molecule has 0 saturated carbocycles. The van der Waals surface area contributed by atoms with Gasteiger partial charge in [-0.3, -0.25) is 0 Å². The van der Waals surface area contributed by atoms with Crippen LogP contribution in [0.1, 0.15) is 11.1 Å². The maximum Gasteiger partial charge on any atom is 0.0994 e. The maximum absolute atomic E-state index is 4.60. The summed E-state index contributed by atoms with van der Waals surface area (Å²) in [6.45, 7) is 4.22. The van der Waals surface area contributed by atoms with Crippen LogP contribution in [0.2, 0.25) is 0 Å². The van der Waals surface area contributed by atoms with Gasteiger partial charge in [0, 0.05) is 5.39 Å². The Labute approximate surface area is 88.6 Å². The van der Waals surface area contributed by atoms with Crippen molar-refractivity contribution in [2.45, 2.75) is 18.9 Å². The minimum absolute atomic E-state index is 1.09. The standard InChI is InChI=1S/C12H13NS/c1-8-4-5-11-10(6-8)7-9(2)12(13-11)14-3/h4-7H,1-3H3. The second kappa shape index (κ2) is 3.62. The highest BCUT2D eigenvalue weighted by Crippen LogP contribution is 2.22. The van der Waals surface area contributed by atoms with E-state index >= 15 is 0 Å². The van der Waals surface area contributed by atoms with Crippen LogP contribution in [0.25, 0.3) is 10.9 Å². The second-order valence-corrected chi connectivity index (χ2v) is 4.31. The minimum Gasteiger partial charge on any atom is -0.241 e. The van der Waals surface area contributed by atoms with Gasteiger partial charge in [0.2, 0.25) is 0 Å². The lowest BCUT2D eigenvalue weighted by Gasteiger charge is -2.04. The smallest absolute Gasteiger partial charge is 0.0994 e. The van der Waals surface area contributed by atoms with Crippen molar-refractivity contribution in [2.75, 3.05) is 6.26 Å². The summed E-state index contributed by atoms with van der Waals surface area (Å²) >= 11 is 1.70. The van der Waals surface area contributed by atoms with Gasteiger partial charge in [-0.1, -0.05) is 11.6 Å². The van der Waals surface area contributed by atoms with E-state index in [2.05, 4.69) is 49.4 Å². The van der Waals surface area contributed by atoms with Crippen LogP contribution in [-0.4, -0.2) is 11.2 Å². The molecule has 2 heteroatoms. The molecule has 2 rings (SSSR count). The summed E-state index contributed by atoms with van der Waals surface area (Å²) < 4.78 is 0. The lowest BCUT2D eigenvalue weighted by atomic mass is 10.1. The fourth-order valence-corrected chi connectivity index (χ4v) is 2.16. The summed E-state index contributed by atoms with van der Waals surface area (Å²) in [5.74, 6) is 0. The summed E-state index contributed by atoms with van der Waals surface area (Å²) in [5.41, 5.74) is 3.64. The average Bonchev–Trinajstić information content (AvgIpc) is 2.16. The molecule has 2 aromatic rings. The van der Waals surface area contributed by atoms with Crippen molar-refractivity contribution in [2.24, 2.45) is 0 Å². The number of aryl methyl sites for hydroxylation is 2. The summed E-state index contributed by atoms with van der Waals surface area (Å²) in [7, 11) is 0. The highest BCUT2D eigenvalue weighted by atomic mass is 32.2. The Hall–Kier alpha value is -1.02. The van der Waals surface area contributed by atoms with Crippen LogP contribution in [0.15, 0.2) is 29.3 Å². The molecular weight excluding hydrogens is 190 g/mol. The van der Waals surface area contributed by atoms with Gasteiger partial charge < -0.3 is 0 Å². The first-order valence-corrected chi connectivity index (χ1v) is 5.85. The van der Waals surface area contributed by atoms with Gasteiger partial charge in [-0.25, -0.2) is 4.98 Å². The first kappa shape index (κ1) is 9.53. The molecule has 0 aliphatic rings. The SMILES string of the molecule is CSc1nc2ccc(C)cc2cc1C. The zero-order chi connectivity index (χ0) is 10.1. The molecule has 0 spiro atoms. The van der Waals surface area contributed by atoms with Gasteiger partial charge in [-0.2, -0.15) is 0 Å². The summed E-state index contributed by atoms with van der Waals surface area (Å²) in [4.78, 5) is 4.60. The summed E-state index contributed by atoms with van der Waals surface area (Å²) in [5, 5.41) is 2.36. The van der Waals surface area contributed by atoms with E-state index in [0.717, 1.165) is 10.5 Å². The third-order valence-corrected chi connectivity index (χ3v) is 3.11. The zero-order valence-electron chi connectivity index (χ0n) is 8.66. The predicted molar refractivity (Wildman–Crippen MR) is 63.0 cm³/mol. The zero-order valence-corrected chi connectivity index (χ0v) is 9.48. The van der Waals surface area contributed by atoms with Crippen LogP contribution >= 0.6 is 11.8 Å². The Bertz CT molecular complexity index is 477. The van der Waals surface area contributed by atoms with Crippen LogP contribution in [0.5, 0.6) is 0 Å². The first-order valence-electron chi connectivity index (χ1n) is 4.62. The average molecular weight is 203 g/mol. The Morgan fingerprint density at radius 3 is 2.64 bits per heavy atom. The molecule has 0 atom stereocenters. The van der Waals surface area contributed by atoms with Gasteiger partial charge in [-0.05, 0) is 43.9 Å². The number of hydrogen-bond acceptors (Lipinski definition) is 2. The molecule has 0 fully saturated rings. The molecule has 0 aliphatic carbocycles. The molecule has 0 amide bonds. The van der Waals surface area contributed by atoms with E-state index in [1.54, 1.807) is 11.8 Å². The molecule has 1 aromatic heterocycles. The molecular formula is C12H13NS. The summed E-state index contributed by atoms with van der Waals surface area (Å²) in [6.07, 6.45) is 2.06. The molecule has 1 aromatic carbocycles. The second-order valence-electron chi connectivity index (χ2n) is 3.51. The Morgan fingerprint density at radius 1 is 1.14 bits per heavy atom. The molecule has 1 nitrogen and oxygen atoms in total. The van der Waals surface area contributed by atoms with Crippen molar-refractivity contribution in [1.29, 1.82) is 0 Å². The van der Waals surface area contributed by atoms with Crippen molar-refractivity contribution in [3.05, 3.63) is 35.4 Å². The highest BCUT2D eigenvalue weighted by molar-refractivity contribution is 7.98. The molecule has 1 heterocycles. The number of thioether (sulfide) groups is 1. The molecule has 0 bridgehead atoms. The molecule has 0 N–H and O–H groups in total. The lowest BCUT2D eigenvalue weighted by molar-refractivity contribution is 1.13. The normalized spacial score (nSPS) is 10.8. The van der Waals surface area contributed by atoms with E-state index in [0.29, 0.717) is 0 Å². The topological polar surface area (TPSA) is 12.9 Å². The van der Waals surface area contributed by atoms with Crippen molar-refractivity contribution in [1.82, 2.24) is 4.98 Å². The van der Waals surface area contributed by atoms with Gasteiger partial charge >= 0.3 is 0 Å². The monoisotopic (exact) mass is 203 g/mol. The number of benzene rings is 1. The molecule has 0 saturated heterocycles. The van der Waals surface area contributed by atoms with Crippen LogP contribution in [0.4, 0.5) is 0 Å². The first-order chi connectivity index (χ1) is 6.70. The van der Waals surface area contributed by atoms with Gasteiger partial charge in [-0.15, -0.1) is 11.8 Å². The number of nitrogens with zero attached hydrogens (tertiary/aromatic N) is 1. The van der Waals surface area contributed by atoms with E-state index in [1.165, 1.54) is 16.5 Å². The highest BCUT2D eigenvalue weighted by Gasteiger charge is 2.01. The van der Waals surface area contributed by atoms with E-state index in [9.17, 15) is 0 Å². The number of aromatic nitrogens is 1. The van der Waals surface area contributed by atoms with Crippen LogP contribution in [0.3, 0.4) is 0 Å². The number of fused-ring (bicyclic) bond motifs is 1. The predicted octanol–water partition coefficient (Wildman–Crippen LogP) is 3.57. The van der Waals surface area contributed by atoms with Gasteiger partial charge in [0.05, 0.1) is 10.5 Å². The third-order valence-electron chi connectivity index (χ3n) is 2.31. The fourth-order valence-electron chi connectivity index (χ4n) is 1.59. The van der Waals surface area contributed by atoms with Crippen molar-refractivity contribution >= 4 is 22.7 Å². The van der Waals surface area contributed by atoms with Crippen molar-refractivity contribution in [3.8, 4) is 0 Å². The molecule has 0 unspecified atom stereocenters. The third kappa shape index (κ3) is 1.62. The van der Waals surface area contributed by atoms with Crippen LogP contribution < -0.4 is 0 Å². The Kier molecular flexibility index (Phi) is 2.46. The molecule has 0 aliphatic heterocycles. The maximum atomic E-state index is 4.60. The quantitative estimate of drug-likeness (QED) is 0.657. The Balaban J connectivity index is 2.73. The van der Waals surface area contributed by atoms with Crippen molar-refractivity contribution in [3.63, 3.8) is 0 Å². The number of pyridine rings is 1. The van der Waals surface area contributed by atoms with E-state index in [4.69, 9.17) is 0 Å². The molecule has 0 radical (unpaired) electrons. The van der Waals surface area contributed by atoms with Gasteiger partial charge in [0.1, 0.15) is 0 Å². The number of rotatable bonds is 1. The minimum atomic E-state index is 1.09. The summed E-state index contributed by atoms with van der Waals surface area (Å²) in [6, 6.07) is 8.58. The largest absolute Gasteiger partial charge is 0.241 e. The molecule has 14 heavy (non-hydrogen) atoms. The molecule has 72 valence electrons. The van der Waals surface area contributed by atoms with Crippen molar-refractivity contribution < 1.29 is 0 Å². The Morgan fingerprint density at radius 2 is 1.93 bits per heavy atom.